The number of benzene rings is 1. The highest BCUT2D eigenvalue weighted by atomic mass is 32.2. The maximum atomic E-state index is 12.2. The maximum absolute atomic E-state index is 12.2. The van der Waals surface area contributed by atoms with Crippen LogP contribution in [0.4, 0.5) is 0 Å². The zero-order valence-electron chi connectivity index (χ0n) is 12.7. The highest BCUT2D eigenvalue weighted by molar-refractivity contribution is 8.13. The Hall–Kier alpha value is -0.800. The number of hydrogen-bond acceptors (Lipinski definition) is 3. The van der Waals surface area contributed by atoms with Crippen molar-refractivity contribution in [3.05, 3.63) is 35.9 Å². The fraction of sp³-hybridized carbons (Fsp3) is 0.588. The van der Waals surface area contributed by atoms with Crippen molar-refractivity contribution in [2.75, 3.05) is 6.26 Å². The van der Waals surface area contributed by atoms with E-state index in [9.17, 15) is 9.90 Å². The van der Waals surface area contributed by atoms with Gasteiger partial charge in [0.1, 0.15) is 0 Å². The molecule has 0 amide bonds. The molecule has 1 rings (SSSR count). The smallest absolute Gasteiger partial charge is 0.194 e. The Bertz CT molecular complexity index is 391. The summed E-state index contributed by atoms with van der Waals surface area (Å²) in [7, 11) is 0. The van der Waals surface area contributed by atoms with E-state index in [4.69, 9.17) is 0 Å². The Balaban J connectivity index is 2.80. The van der Waals surface area contributed by atoms with Crippen molar-refractivity contribution in [2.24, 2.45) is 5.92 Å². The van der Waals surface area contributed by atoms with Crippen molar-refractivity contribution in [2.45, 2.75) is 51.6 Å². The molecule has 0 aliphatic rings. The Labute approximate surface area is 127 Å². The van der Waals surface area contributed by atoms with Crippen molar-refractivity contribution in [1.29, 1.82) is 0 Å². The summed E-state index contributed by atoms with van der Waals surface area (Å²) < 4.78 is 0. The maximum Gasteiger partial charge on any atom is 0.194 e. The molecule has 1 aromatic carbocycles. The number of hydrogen-bond donors (Lipinski definition) is 1. The molecule has 0 bridgehead atoms. The second-order valence-corrected chi connectivity index (χ2v) is 6.12. The molecule has 0 aliphatic heterocycles. The van der Waals surface area contributed by atoms with E-state index >= 15 is 0 Å². The summed E-state index contributed by atoms with van der Waals surface area (Å²) in [5, 5.41) is 10.5. The van der Waals surface area contributed by atoms with Gasteiger partial charge in [0, 0.05) is 0 Å². The predicted molar refractivity (Wildman–Crippen MR) is 87.0 cm³/mol. The van der Waals surface area contributed by atoms with E-state index in [0.29, 0.717) is 6.42 Å². The SMILES string of the molecule is CCCCC[C@H](O)[C@@H](C(=O)SC)[C@H](C)c1ccccc1. The zero-order chi connectivity index (χ0) is 15.0. The van der Waals surface area contributed by atoms with Crippen LogP contribution in [0.25, 0.3) is 0 Å². The minimum atomic E-state index is -0.545. The first-order valence-electron chi connectivity index (χ1n) is 7.42. The first kappa shape index (κ1) is 17.3. The molecule has 0 aliphatic carbocycles. The fourth-order valence-corrected chi connectivity index (χ4v) is 3.21. The second kappa shape index (κ2) is 9.19. The molecule has 112 valence electrons. The number of aliphatic hydroxyl groups excluding tert-OH is 1. The minimum absolute atomic E-state index is 0.0489. The molecule has 0 saturated carbocycles. The van der Waals surface area contributed by atoms with Crippen LogP contribution in [-0.4, -0.2) is 22.6 Å². The van der Waals surface area contributed by atoms with Crippen molar-refractivity contribution in [1.82, 2.24) is 0 Å². The van der Waals surface area contributed by atoms with Crippen LogP contribution in [0, 0.1) is 5.92 Å². The summed E-state index contributed by atoms with van der Waals surface area (Å²) in [5.74, 6) is -0.267. The average Bonchev–Trinajstić information content (AvgIpc) is 2.48. The third-order valence-corrected chi connectivity index (χ3v) is 4.53. The van der Waals surface area contributed by atoms with Crippen LogP contribution in [0.3, 0.4) is 0 Å². The first-order valence-corrected chi connectivity index (χ1v) is 8.65. The van der Waals surface area contributed by atoms with Gasteiger partial charge >= 0.3 is 0 Å². The summed E-state index contributed by atoms with van der Waals surface area (Å²) in [4.78, 5) is 12.2. The lowest BCUT2D eigenvalue weighted by Crippen LogP contribution is -2.31. The van der Waals surface area contributed by atoms with Gasteiger partial charge in [-0.05, 0) is 24.2 Å². The van der Waals surface area contributed by atoms with Crippen molar-refractivity contribution < 1.29 is 9.90 Å². The van der Waals surface area contributed by atoms with E-state index in [1.54, 1.807) is 6.26 Å². The molecule has 0 saturated heterocycles. The number of thioether (sulfide) groups is 1. The zero-order valence-corrected chi connectivity index (χ0v) is 13.5. The minimum Gasteiger partial charge on any atom is -0.392 e. The van der Waals surface area contributed by atoms with Crippen molar-refractivity contribution in [3.8, 4) is 0 Å². The Morgan fingerprint density at radius 2 is 1.90 bits per heavy atom. The molecule has 0 heterocycles. The monoisotopic (exact) mass is 294 g/mol. The van der Waals surface area contributed by atoms with E-state index in [1.165, 1.54) is 11.8 Å². The second-order valence-electron chi connectivity index (χ2n) is 5.31. The summed E-state index contributed by atoms with van der Waals surface area (Å²) in [6.07, 6.45) is 5.18. The number of carbonyl (C=O) groups excluding carboxylic acids is 1. The van der Waals surface area contributed by atoms with Gasteiger partial charge in [0.2, 0.25) is 0 Å². The molecule has 0 radical (unpaired) electrons. The van der Waals surface area contributed by atoms with Gasteiger partial charge in [0.25, 0.3) is 0 Å². The Morgan fingerprint density at radius 1 is 1.25 bits per heavy atom. The molecular formula is C17H26O2S. The van der Waals surface area contributed by atoms with Gasteiger partial charge in [-0.3, -0.25) is 4.79 Å². The van der Waals surface area contributed by atoms with Crippen LogP contribution >= 0.6 is 11.8 Å². The Morgan fingerprint density at radius 3 is 2.45 bits per heavy atom. The van der Waals surface area contributed by atoms with Crippen LogP contribution in [-0.2, 0) is 4.79 Å². The molecule has 0 spiro atoms. The molecular weight excluding hydrogens is 268 g/mol. The van der Waals surface area contributed by atoms with Crippen molar-refractivity contribution >= 4 is 16.9 Å². The van der Waals surface area contributed by atoms with Crippen molar-refractivity contribution in [3.63, 3.8) is 0 Å². The van der Waals surface area contributed by atoms with Gasteiger partial charge in [0.15, 0.2) is 5.12 Å². The summed E-state index contributed by atoms with van der Waals surface area (Å²) in [6, 6.07) is 10.00. The van der Waals surface area contributed by atoms with E-state index in [-0.39, 0.29) is 17.0 Å². The quantitative estimate of drug-likeness (QED) is 0.729. The van der Waals surface area contributed by atoms with Gasteiger partial charge in [-0.25, -0.2) is 0 Å². The number of aliphatic hydroxyl groups is 1. The molecule has 0 unspecified atom stereocenters. The van der Waals surface area contributed by atoms with Gasteiger partial charge in [0.05, 0.1) is 12.0 Å². The molecule has 20 heavy (non-hydrogen) atoms. The molecule has 3 atom stereocenters. The van der Waals surface area contributed by atoms with Crippen LogP contribution in [0.1, 0.15) is 51.0 Å². The topological polar surface area (TPSA) is 37.3 Å². The van der Waals surface area contributed by atoms with Crippen LogP contribution in [0.2, 0.25) is 0 Å². The summed E-state index contributed by atoms with van der Waals surface area (Å²) in [6.45, 7) is 4.18. The van der Waals surface area contributed by atoms with Gasteiger partial charge < -0.3 is 5.11 Å². The lowest BCUT2D eigenvalue weighted by Gasteiger charge is -2.27. The molecule has 0 aromatic heterocycles. The summed E-state index contributed by atoms with van der Waals surface area (Å²) >= 11 is 1.22. The molecule has 1 N–H and O–H groups in total. The normalized spacial score (nSPS) is 15.6. The third kappa shape index (κ3) is 4.95. The molecule has 2 nitrogen and oxygen atoms in total. The standard InChI is InChI=1S/C17H26O2S/c1-4-5-7-12-15(18)16(17(19)20-3)13(2)14-10-8-6-9-11-14/h6,8-11,13,15-16,18H,4-5,7,12H2,1-3H3/t13-,15+,16+/m1/s1. The van der Waals surface area contributed by atoms with Gasteiger partial charge in [-0.2, -0.15) is 0 Å². The third-order valence-electron chi connectivity index (χ3n) is 3.86. The largest absolute Gasteiger partial charge is 0.392 e. The average molecular weight is 294 g/mol. The molecule has 3 heteroatoms. The number of carbonyl (C=O) groups is 1. The Kier molecular flexibility index (Phi) is 7.93. The predicted octanol–water partition coefficient (Wildman–Crippen LogP) is 4.24. The first-order chi connectivity index (χ1) is 9.61. The van der Waals surface area contributed by atoms with Gasteiger partial charge in [-0.15, -0.1) is 0 Å². The van der Waals surface area contributed by atoms with E-state index in [1.807, 2.05) is 37.3 Å². The van der Waals surface area contributed by atoms with Crippen LogP contribution < -0.4 is 0 Å². The van der Waals surface area contributed by atoms with Gasteiger partial charge in [-0.1, -0.05) is 75.2 Å². The number of unbranched alkanes of at least 4 members (excludes halogenated alkanes) is 2. The van der Waals surface area contributed by atoms with E-state index in [2.05, 4.69) is 6.92 Å². The molecule has 0 fully saturated rings. The lowest BCUT2D eigenvalue weighted by atomic mass is 9.83. The van der Waals surface area contributed by atoms with Crippen LogP contribution in [0.5, 0.6) is 0 Å². The number of rotatable bonds is 8. The van der Waals surface area contributed by atoms with Crippen LogP contribution in [0.15, 0.2) is 30.3 Å². The fourth-order valence-electron chi connectivity index (χ4n) is 2.58. The summed E-state index contributed by atoms with van der Waals surface area (Å²) in [5.41, 5.74) is 1.12. The van der Waals surface area contributed by atoms with E-state index < -0.39 is 6.10 Å². The highest BCUT2D eigenvalue weighted by Gasteiger charge is 2.31. The van der Waals surface area contributed by atoms with E-state index in [0.717, 1.165) is 24.8 Å². The lowest BCUT2D eigenvalue weighted by molar-refractivity contribution is -0.118. The molecule has 1 aromatic rings. The highest BCUT2D eigenvalue weighted by Crippen LogP contribution is 2.32.